The van der Waals surface area contributed by atoms with E-state index in [0.29, 0.717) is 17.8 Å². The Labute approximate surface area is 114 Å². The molecule has 1 aromatic carbocycles. The van der Waals surface area contributed by atoms with Gasteiger partial charge in [0.05, 0.1) is 16.8 Å². The first kappa shape index (κ1) is 13.6. The molecule has 1 fully saturated rings. The van der Waals surface area contributed by atoms with Gasteiger partial charge >= 0.3 is 0 Å². The normalized spacial score (nSPS) is 19.4. The summed E-state index contributed by atoms with van der Waals surface area (Å²) in [5, 5.41) is 12.5. The van der Waals surface area contributed by atoms with Crippen molar-refractivity contribution in [3.05, 3.63) is 29.8 Å². The molecule has 1 aliphatic heterocycles. The predicted octanol–water partition coefficient (Wildman–Crippen LogP) is 2.05. The summed E-state index contributed by atoms with van der Waals surface area (Å²) in [5.74, 6) is 0.0231. The van der Waals surface area contributed by atoms with Gasteiger partial charge in [-0.1, -0.05) is 12.1 Å². The summed E-state index contributed by atoms with van der Waals surface area (Å²) >= 11 is 0. The Bertz CT molecular complexity index is 516. The average Bonchev–Trinajstić information content (AvgIpc) is 2.41. The third kappa shape index (κ3) is 2.77. The number of hydrogen-bond acceptors (Lipinski definition) is 3. The number of carbonyl (C=O) groups is 1. The Hall–Kier alpha value is -1.86. The van der Waals surface area contributed by atoms with Crippen LogP contribution in [0, 0.1) is 11.3 Å². The molecule has 0 atom stereocenters. The van der Waals surface area contributed by atoms with E-state index in [0.717, 1.165) is 19.4 Å². The maximum absolute atomic E-state index is 12.6. The highest BCUT2D eigenvalue weighted by atomic mass is 16.2. The van der Waals surface area contributed by atoms with Gasteiger partial charge in [0.15, 0.2) is 0 Å². The average molecular weight is 257 g/mol. The van der Waals surface area contributed by atoms with Crippen LogP contribution in [0.2, 0.25) is 0 Å². The molecule has 0 spiro atoms. The second-order valence-corrected chi connectivity index (χ2v) is 5.34. The number of nitrogens with zero attached hydrogens (tertiary/aromatic N) is 2. The van der Waals surface area contributed by atoms with Gasteiger partial charge in [-0.05, 0) is 45.4 Å². The minimum atomic E-state index is -0.594. The minimum Gasteiger partial charge on any atom is -0.310 e. The smallest absolute Gasteiger partial charge is 0.246 e. The summed E-state index contributed by atoms with van der Waals surface area (Å²) in [5.41, 5.74) is 0.669. The summed E-state index contributed by atoms with van der Waals surface area (Å²) in [6.45, 7) is 5.31. The number of benzene rings is 1. The summed E-state index contributed by atoms with van der Waals surface area (Å²) in [7, 11) is 0. The molecule has 0 aromatic heterocycles. The molecule has 1 amide bonds. The number of nitriles is 1. The highest BCUT2D eigenvalue weighted by Gasteiger charge is 2.33. The Kier molecular flexibility index (Phi) is 3.87. The standard InChI is InChI=1S/C15H19N3O/c1-15(2)14(19)18(10-6-5-9-17-15)13-8-4-3-7-12(13)11-16/h3-4,7-8,17H,5-6,9-10H2,1-2H3. The zero-order chi connectivity index (χ0) is 13.9. The van der Waals surface area contributed by atoms with Crippen molar-refractivity contribution in [2.24, 2.45) is 0 Å². The van der Waals surface area contributed by atoms with E-state index in [-0.39, 0.29) is 5.91 Å². The van der Waals surface area contributed by atoms with Crippen LogP contribution in [0.5, 0.6) is 0 Å². The van der Waals surface area contributed by atoms with Crippen molar-refractivity contribution >= 4 is 11.6 Å². The molecule has 0 aliphatic carbocycles. The Morgan fingerprint density at radius 1 is 1.32 bits per heavy atom. The van der Waals surface area contributed by atoms with Crippen LogP contribution in [0.3, 0.4) is 0 Å². The lowest BCUT2D eigenvalue weighted by atomic mass is 9.99. The molecule has 2 rings (SSSR count). The molecule has 1 saturated heterocycles. The lowest BCUT2D eigenvalue weighted by Gasteiger charge is -2.35. The monoisotopic (exact) mass is 257 g/mol. The van der Waals surface area contributed by atoms with Gasteiger partial charge < -0.3 is 10.2 Å². The van der Waals surface area contributed by atoms with Crippen LogP contribution in [-0.2, 0) is 4.79 Å². The number of nitrogens with one attached hydrogen (secondary N) is 1. The number of rotatable bonds is 1. The molecular formula is C15H19N3O. The minimum absolute atomic E-state index is 0.0231. The van der Waals surface area contributed by atoms with Crippen molar-refractivity contribution in [1.29, 1.82) is 5.26 Å². The number of amides is 1. The van der Waals surface area contributed by atoms with Crippen molar-refractivity contribution in [1.82, 2.24) is 5.32 Å². The van der Waals surface area contributed by atoms with E-state index >= 15 is 0 Å². The Morgan fingerprint density at radius 2 is 2.05 bits per heavy atom. The number of carbonyl (C=O) groups excluding carboxylic acids is 1. The van der Waals surface area contributed by atoms with E-state index in [1.807, 2.05) is 32.0 Å². The van der Waals surface area contributed by atoms with Gasteiger partial charge in [0, 0.05) is 6.54 Å². The molecule has 0 radical (unpaired) electrons. The van der Waals surface area contributed by atoms with Crippen molar-refractivity contribution in [3.63, 3.8) is 0 Å². The summed E-state index contributed by atoms with van der Waals surface area (Å²) < 4.78 is 0. The third-order valence-corrected chi connectivity index (χ3v) is 3.47. The van der Waals surface area contributed by atoms with E-state index in [1.54, 1.807) is 11.0 Å². The second-order valence-electron chi connectivity index (χ2n) is 5.34. The molecule has 1 heterocycles. The van der Waals surface area contributed by atoms with Crippen LogP contribution >= 0.6 is 0 Å². The highest BCUT2D eigenvalue weighted by molar-refractivity contribution is 6.00. The maximum Gasteiger partial charge on any atom is 0.246 e. The van der Waals surface area contributed by atoms with Crippen molar-refractivity contribution < 1.29 is 4.79 Å². The maximum atomic E-state index is 12.6. The van der Waals surface area contributed by atoms with Crippen molar-refractivity contribution in [3.8, 4) is 6.07 Å². The molecule has 0 bridgehead atoms. The lowest BCUT2D eigenvalue weighted by molar-refractivity contribution is -0.124. The molecule has 1 aromatic rings. The van der Waals surface area contributed by atoms with Crippen molar-refractivity contribution in [2.75, 3.05) is 18.0 Å². The zero-order valence-corrected chi connectivity index (χ0v) is 11.4. The molecule has 4 heteroatoms. The van der Waals surface area contributed by atoms with Gasteiger partial charge in [-0.25, -0.2) is 0 Å². The topological polar surface area (TPSA) is 56.1 Å². The molecule has 19 heavy (non-hydrogen) atoms. The van der Waals surface area contributed by atoms with Crippen LogP contribution in [0.4, 0.5) is 5.69 Å². The molecule has 0 saturated carbocycles. The fourth-order valence-electron chi connectivity index (χ4n) is 2.34. The van der Waals surface area contributed by atoms with E-state index in [9.17, 15) is 10.1 Å². The number of para-hydroxylation sites is 1. The molecule has 1 aliphatic rings. The van der Waals surface area contributed by atoms with E-state index in [2.05, 4.69) is 11.4 Å². The van der Waals surface area contributed by atoms with Gasteiger partial charge in [0.25, 0.3) is 0 Å². The largest absolute Gasteiger partial charge is 0.310 e. The first-order valence-corrected chi connectivity index (χ1v) is 6.62. The highest BCUT2D eigenvalue weighted by Crippen LogP contribution is 2.24. The van der Waals surface area contributed by atoms with Gasteiger partial charge in [-0.2, -0.15) is 5.26 Å². The number of anilines is 1. The summed E-state index contributed by atoms with van der Waals surface area (Å²) in [4.78, 5) is 14.4. The SMILES string of the molecule is CC1(C)NCCCCN(c2ccccc2C#N)C1=O. The van der Waals surface area contributed by atoms with Gasteiger partial charge in [0.1, 0.15) is 6.07 Å². The molecule has 100 valence electrons. The van der Waals surface area contributed by atoms with Crippen LogP contribution in [0.25, 0.3) is 0 Å². The Morgan fingerprint density at radius 3 is 2.79 bits per heavy atom. The first-order valence-electron chi connectivity index (χ1n) is 6.62. The van der Waals surface area contributed by atoms with Crippen molar-refractivity contribution in [2.45, 2.75) is 32.2 Å². The fourth-order valence-corrected chi connectivity index (χ4v) is 2.34. The first-order chi connectivity index (χ1) is 9.06. The van der Waals surface area contributed by atoms with Gasteiger partial charge in [-0.15, -0.1) is 0 Å². The van der Waals surface area contributed by atoms with Crippen LogP contribution in [0.1, 0.15) is 32.3 Å². The van der Waals surface area contributed by atoms with Crippen LogP contribution in [0.15, 0.2) is 24.3 Å². The predicted molar refractivity (Wildman–Crippen MR) is 74.8 cm³/mol. The zero-order valence-electron chi connectivity index (χ0n) is 11.4. The molecule has 4 nitrogen and oxygen atoms in total. The van der Waals surface area contributed by atoms with E-state index in [4.69, 9.17) is 0 Å². The Balaban J connectivity index is 2.40. The summed E-state index contributed by atoms with van der Waals surface area (Å²) in [6.07, 6.45) is 1.97. The molecule has 1 N–H and O–H groups in total. The quantitative estimate of drug-likeness (QED) is 0.837. The van der Waals surface area contributed by atoms with E-state index < -0.39 is 5.54 Å². The lowest BCUT2D eigenvalue weighted by Crippen LogP contribution is -2.56. The van der Waals surface area contributed by atoms with E-state index in [1.165, 1.54) is 0 Å². The molecule has 0 unspecified atom stereocenters. The molecular weight excluding hydrogens is 238 g/mol. The van der Waals surface area contributed by atoms with Crippen LogP contribution < -0.4 is 10.2 Å². The fraction of sp³-hybridized carbons (Fsp3) is 0.467. The summed E-state index contributed by atoms with van der Waals surface area (Å²) in [6, 6.07) is 9.44. The second kappa shape index (κ2) is 5.41. The van der Waals surface area contributed by atoms with Crippen LogP contribution in [-0.4, -0.2) is 24.5 Å². The third-order valence-electron chi connectivity index (χ3n) is 3.47. The van der Waals surface area contributed by atoms with Gasteiger partial charge in [0.2, 0.25) is 5.91 Å². The number of hydrogen-bond donors (Lipinski definition) is 1. The van der Waals surface area contributed by atoms with Gasteiger partial charge in [-0.3, -0.25) is 4.79 Å².